The van der Waals surface area contributed by atoms with E-state index in [1.807, 2.05) is 0 Å². The van der Waals surface area contributed by atoms with Crippen molar-refractivity contribution in [3.63, 3.8) is 0 Å². The fraction of sp³-hybridized carbons (Fsp3) is 0.852. The molecule has 0 bridgehead atoms. The highest BCUT2D eigenvalue weighted by Gasteiger charge is 2.19. The monoisotopic (exact) mass is 941 g/mol. The first-order valence-electron chi connectivity index (χ1n) is 29.5. The first kappa shape index (κ1) is 64.6. The molecule has 0 aliphatic rings. The molecule has 0 heterocycles. The Hall–Kier alpha value is -2.37. The quantitative estimate of drug-likeness (QED) is 0.0262. The van der Waals surface area contributed by atoms with Gasteiger partial charge in [0.25, 0.3) is 0 Å². The summed E-state index contributed by atoms with van der Waals surface area (Å²) in [7, 11) is 0. The van der Waals surface area contributed by atoms with Gasteiger partial charge in [-0.05, 0) is 51.4 Å². The van der Waals surface area contributed by atoms with Gasteiger partial charge in [-0.3, -0.25) is 14.4 Å². The Morgan fingerprint density at radius 1 is 0.313 bits per heavy atom. The zero-order valence-electron chi connectivity index (χ0n) is 44.9. The molecular formula is C61H112O6. The van der Waals surface area contributed by atoms with Crippen LogP contribution < -0.4 is 0 Å². The van der Waals surface area contributed by atoms with Gasteiger partial charge in [0.2, 0.25) is 0 Å². The Bertz CT molecular complexity index is 1070. The molecule has 6 nitrogen and oxygen atoms in total. The Morgan fingerprint density at radius 2 is 0.582 bits per heavy atom. The summed E-state index contributed by atoms with van der Waals surface area (Å²) in [5.41, 5.74) is 0. The van der Waals surface area contributed by atoms with Crippen molar-refractivity contribution < 1.29 is 28.6 Å². The number of esters is 3. The van der Waals surface area contributed by atoms with Gasteiger partial charge in [-0.2, -0.15) is 0 Å². The second-order valence-corrected chi connectivity index (χ2v) is 19.9. The van der Waals surface area contributed by atoms with E-state index in [0.29, 0.717) is 19.3 Å². The zero-order valence-corrected chi connectivity index (χ0v) is 44.9. The molecule has 0 aromatic rings. The second-order valence-electron chi connectivity index (χ2n) is 19.9. The third-order valence-corrected chi connectivity index (χ3v) is 13.2. The van der Waals surface area contributed by atoms with Gasteiger partial charge in [0.1, 0.15) is 13.2 Å². The van der Waals surface area contributed by atoms with Crippen LogP contribution in [0.4, 0.5) is 0 Å². The molecule has 0 rings (SSSR count). The summed E-state index contributed by atoms with van der Waals surface area (Å²) in [5.74, 6) is -0.870. The van der Waals surface area contributed by atoms with E-state index in [1.165, 1.54) is 180 Å². The van der Waals surface area contributed by atoms with Gasteiger partial charge < -0.3 is 14.2 Å². The van der Waals surface area contributed by atoms with Crippen LogP contribution in [-0.4, -0.2) is 37.2 Å². The number of unbranched alkanes of at least 4 members (excludes halogenated alkanes) is 37. The van der Waals surface area contributed by atoms with Crippen LogP contribution >= 0.6 is 0 Å². The maximum atomic E-state index is 12.8. The van der Waals surface area contributed by atoms with E-state index >= 15 is 0 Å². The molecule has 392 valence electrons. The molecule has 0 aromatic heterocycles. The van der Waals surface area contributed by atoms with Crippen molar-refractivity contribution in [3.8, 4) is 0 Å². The van der Waals surface area contributed by atoms with E-state index < -0.39 is 6.10 Å². The first-order valence-corrected chi connectivity index (χ1v) is 29.5. The summed E-state index contributed by atoms with van der Waals surface area (Å²) in [4.78, 5) is 38.2. The van der Waals surface area contributed by atoms with Gasteiger partial charge >= 0.3 is 17.9 Å². The lowest BCUT2D eigenvalue weighted by Gasteiger charge is -2.18. The van der Waals surface area contributed by atoms with Crippen LogP contribution in [0.1, 0.15) is 316 Å². The van der Waals surface area contributed by atoms with Crippen LogP contribution in [0.15, 0.2) is 36.5 Å². The fourth-order valence-corrected chi connectivity index (χ4v) is 8.75. The lowest BCUT2D eigenvalue weighted by atomic mass is 10.0. The number of hydrogen-bond acceptors (Lipinski definition) is 6. The maximum Gasteiger partial charge on any atom is 0.306 e. The van der Waals surface area contributed by atoms with Crippen LogP contribution in [-0.2, 0) is 28.6 Å². The summed E-state index contributed by atoms with van der Waals surface area (Å²) in [5, 5.41) is 0. The minimum absolute atomic E-state index is 0.0743. The molecule has 0 fully saturated rings. The van der Waals surface area contributed by atoms with Gasteiger partial charge in [0, 0.05) is 19.3 Å². The van der Waals surface area contributed by atoms with Gasteiger partial charge in [-0.25, -0.2) is 0 Å². The van der Waals surface area contributed by atoms with Crippen LogP contribution in [0.5, 0.6) is 0 Å². The number of hydrogen-bond donors (Lipinski definition) is 0. The van der Waals surface area contributed by atoms with E-state index in [-0.39, 0.29) is 31.1 Å². The molecule has 0 saturated heterocycles. The minimum atomic E-state index is -0.777. The average molecular weight is 942 g/mol. The molecule has 0 unspecified atom stereocenters. The van der Waals surface area contributed by atoms with Crippen LogP contribution in [0.3, 0.4) is 0 Å². The summed E-state index contributed by atoms with van der Waals surface area (Å²) < 4.78 is 16.9. The number of carbonyl (C=O) groups excluding carboxylic acids is 3. The normalized spacial score (nSPS) is 11.8. The molecule has 0 radical (unpaired) electrons. The third kappa shape index (κ3) is 54.4. The predicted octanol–water partition coefficient (Wildman–Crippen LogP) is 19.7. The molecule has 0 aliphatic heterocycles. The lowest BCUT2D eigenvalue weighted by Crippen LogP contribution is -2.30. The van der Waals surface area contributed by atoms with Crippen molar-refractivity contribution in [1.29, 1.82) is 0 Å². The summed E-state index contributed by atoms with van der Waals surface area (Å²) in [6.45, 7) is 6.57. The average Bonchev–Trinajstić information content (AvgIpc) is 3.33. The standard InChI is InChI=1S/C61H112O6/c1-4-7-10-13-16-19-22-25-28-30-33-35-38-41-44-47-50-53-59(62)65-56-58(67-61(64)55-52-49-46-43-40-37-32-27-24-21-18-15-12-9-6-3)57-66-60(63)54-51-48-45-42-39-36-34-31-29-26-23-20-17-14-11-8-5-2/h9,12,18,21,27,32,58H,4-8,10-11,13-17,19-20,22-26,28-31,33-57H2,1-3H3/b12-9-,21-18-,32-27-. The molecule has 0 spiro atoms. The summed E-state index contributed by atoms with van der Waals surface area (Å²) in [6.07, 6.45) is 67.1. The number of ether oxygens (including phenoxy) is 3. The topological polar surface area (TPSA) is 78.9 Å². The summed E-state index contributed by atoms with van der Waals surface area (Å²) >= 11 is 0. The molecule has 0 aromatic carbocycles. The molecule has 6 heteroatoms. The minimum Gasteiger partial charge on any atom is -0.462 e. The zero-order chi connectivity index (χ0) is 48.6. The van der Waals surface area contributed by atoms with Gasteiger partial charge in [-0.1, -0.05) is 282 Å². The maximum absolute atomic E-state index is 12.8. The Morgan fingerprint density at radius 3 is 0.910 bits per heavy atom. The van der Waals surface area contributed by atoms with Crippen molar-refractivity contribution in [2.45, 2.75) is 322 Å². The molecular weight excluding hydrogens is 829 g/mol. The van der Waals surface area contributed by atoms with E-state index in [2.05, 4.69) is 57.2 Å². The van der Waals surface area contributed by atoms with Crippen molar-refractivity contribution in [1.82, 2.24) is 0 Å². The van der Waals surface area contributed by atoms with Gasteiger partial charge in [-0.15, -0.1) is 0 Å². The van der Waals surface area contributed by atoms with Crippen molar-refractivity contribution in [2.75, 3.05) is 13.2 Å². The predicted molar refractivity (Wildman–Crippen MR) is 289 cm³/mol. The van der Waals surface area contributed by atoms with Crippen LogP contribution in [0.25, 0.3) is 0 Å². The van der Waals surface area contributed by atoms with Gasteiger partial charge in [0.15, 0.2) is 6.10 Å². The third-order valence-electron chi connectivity index (χ3n) is 13.2. The van der Waals surface area contributed by atoms with Crippen LogP contribution in [0.2, 0.25) is 0 Å². The highest BCUT2D eigenvalue weighted by molar-refractivity contribution is 5.71. The number of allylic oxidation sites excluding steroid dienone is 6. The Labute approximate surface area is 416 Å². The molecule has 0 N–H and O–H groups in total. The Balaban J connectivity index is 4.34. The smallest absolute Gasteiger partial charge is 0.306 e. The highest BCUT2D eigenvalue weighted by Crippen LogP contribution is 2.17. The molecule has 0 saturated carbocycles. The SMILES string of the molecule is CC/C=C\C/C=C\C/C=C\CCCCCCCC(=O)OC(COC(=O)CCCCCCCCCCCCCCCCCCC)COC(=O)CCCCCCCCCCCCCCCCCCC. The summed E-state index contributed by atoms with van der Waals surface area (Å²) in [6, 6.07) is 0. The van der Waals surface area contributed by atoms with Crippen LogP contribution in [0, 0.1) is 0 Å². The molecule has 67 heavy (non-hydrogen) atoms. The first-order chi connectivity index (χ1) is 33.0. The largest absolute Gasteiger partial charge is 0.462 e. The lowest BCUT2D eigenvalue weighted by molar-refractivity contribution is -0.167. The number of rotatable bonds is 54. The van der Waals surface area contributed by atoms with Crippen molar-refractivity contribution in [2.24, 2.45) is 0 Å². The molecule has 0 aliphatic carbocycles. The molecule has 0 amide bonds. The van der Waals surface area contributed by atoms with Crippen molar-refractivity contribution in [3.05, 3.63) is 36.5 Å². The molecule has 0 atom stereocenters. The fourth-order valence-electron chi connectivity index (χ4n) is 8.75. The van der Waals surface area contributed by atoms with Gasteiger partial charge in [0.05, 0.1) is 0 Å². The van der Waals surface area contributed by atoms with Crippen molar-refractivity contribution >= 4 is 17.9 Å². The Kier molecular flexibility index (Phi) is 54.2. The van der Waals surface area contributed by atoms with E-state index in [0.717, 1.165) is 96.3 Å². The van der Waals surface area contributed by atoms with E-state index in [9.17, 15) is 14.4 Å². The number of carbonyl (C=O) groups is 3. The van der Waals surface area contributed by atoms with E-state index in [4.69, 9.17) is 14.2 Å². The van der Waals surface area contributed by atoms with E-state index in [1.54, 1.807) is 0 Å². The second kappa shape index (κ2) is 56.2. The highest BCUT2D eigenvalue weighted by atomic mass is 16.6.